The minimum atomic E-state index is -0.381. The fourth-order valence-corrected chi connectivity index (χ4v) is 2.34. The second kappa shape index (κ2) is 3.24. The Morgan fingerprint density at radius 1 is 1.62 bits per heavy atom. The van der Waals surface area contributed by atoms with Crippen LogP contribution in [-0.2, 0) is 14.2 Å². The van der Waals surface area contributed by atoms with Crippen LogP contribution >= 0.6 is 0 Å². The first-order chi connectivity index (χ1) is 6.23. The number of hydrogen-bond donors (Lipinski definition) is 1. The van der Waals surface area contributed by atoms with E-state index in [0.717, 1.165) is 6.54 Å². The van der Waals surface area contributed by atoms with Gasteiger partial charge in [-0.15, -0.1) is 0 Å². The SMILES string of the molecule is [B][C@@H]1O[C@]2(COC)CNC1[C@@H]2OC. The van der Waals surface area contributed by atoms with Crippen LogP contribution in [0.4, 0.5) is 0 Å². The summed E-state index contributed by atoms with van der Waals surface area (Å²) < 4.78 is 16.2. The molecule has 2 aliphatic heterocycles. The highest BCUT2D eigenvalue weighted by atomic mass is 16.6. The largest absolute Gasteiger partial charge is 0.382 e. The van der Waals surface area contributed by atoms with E-state index in [2.05, 4.69) is 5.32 Å². The van der Waals surface area contributed by atoms with Crippen LogP contribution < -0.4 is 5.32 Å². The molecule has 0 spiro atoms. The van der Waals surface area contributed by atoms with Gasteiger partial charge < -0.3 is 19.5 Å². The molecule has 0 saturated carbocycles. The average Bonchev–Trinajstić information content (AvgIpc) is 2.55. The lowest BCUT2D eigenvalue weighted by Crippen LogP contribution is -2.48. The molecule has 1 unspecified atom stereocenters. The molecule has 2 heterocycles. The smallest absolute Gasteiger partial charge is 0.131 e. The van der Waals surface area contributed by atoms with Gasteiger partial charge in [0.25, 0.3) is 0 Å². The van der Waals surface area contributed by atoms with Crippen molar-refractivity contribution in [3.63, 3.8) is 0 Å². The predicted octanol–water partition coefficient (Wildman–Crippen LogP) is -1.12. The summed E-state index contributed by atoms with van der Waals surface area (Å²) in [5.41, 5.74) is -0.381. The molecule has 0 aromatic rings. The van der Waals surface area contributed by atoms with Crippen molar-refractivity contribution in [3.8, 4) is 0 Å². The van der Waals surface area contributed by atoms with Crippen LogP contribution in [0.25, 0.3) is 0 Å². The van der Waals surface area contributed by atoms with E-state index >= 15 is 0 Å². The van der Waals surface area contributed by atoms with Crippen LogP contribution in [-0.4, -0.2) is 59.0 Å². The fourth-order valence-electron chi connectivity index (χ4n) is 2.34. The zero-order valence-corrected chi connectivity index (χ0v) is 7.95. The molecule has 2 bridgehead atoms. The number of hydrogen-bond acceptors (Lipinski definition) is 4. The van der Waals surface area contributed by atoms with Crippen molar-refractivity contribution in [3.05, 3.63) is 0 Å². The Labute approximate surface area is 79.3 Å². The molecular formula is C8H14BNO3. The van der Waals surface area contributed by atoms with Gasteiger partial charge in [-0.1, -0.05) is 0 Å². The predicted molar refractivity (Wildman–Crippen MR) is 47.8 cm³/mol. The van der Waals surface area contributed by atoms with Gasteiger partial charge in [0.1, 0.15) is 19.6 Å². The molecule has 0 aliphatic carbocycles. The second-order valence-electron chi connectivity index (χ2n) is 3.64. The van der Waals surface area contributed by atoms with E-state index in [4.69, 9.17) is 22.1 Å². The highest BCUT2D eigenvalue weighted by molar-refractivity contribution is 6.12. The molecule has 4 atom stereocenters. The van der Waals surface area contributed by atoms with E-state index in [9.17, 15) is 0 Å². The molecule has 4 nitrogen and oxygen atoms in total. The molecule has 13 heavy (non-hydrogen) atoms. The van der Waals surface area contributed by atoms with Crippen LogP contribution in [0.5, 0.6) is 0 Å². The van der Waals surface area contributed by atoms with Gasteiger partial charge in [0.15, 0.2) is 0 Å². The van der Waals surface area contributed by atoms with Crippen LogP contribution in [0.1, 0.15) is 0 Å². The van der Waals surface area contributed by atoms with E-state index in [1.54, 1.807) is 14.2 Å². The first-order valence-electron chi connectivity index (χ1n) is 4.42. The van der Waals surface area contributed by atoms with Crippen molar-refractivity contribution < 1.29 is 14.2 Å². The van der Waals surface area contributed by atoms with Crippen LogP contribution in [0.15, 0.2) is 0 Å². The second-order valence-corrected chi connectivity index (χ2v) is 3.64. The number of rotatable bonds is 3. The van der Waals surface area contributed by atoms with Crippen LogP contribution in [0.2, 0.25) is 0 Å². The third-order valence-electron chi connectivity index (χ3n) is 2.85. The lowest BCUT2D eigenvalue weighted by Gasteiger charge is -2.30. The molecule has 2 rings (SSSR count). The highest BCUT2D eigenvalue weighted by Crippen LogP contribution is 2.36. The Kier molecular flexibility index (Phi) is 2.36. The Bertz CT molecular complexity index is 204. The molecular weight excluding hydrogens is 169 g/mol. The maximum atomic E-state index is 5.78. The van der Waals surface area contributed by atoms with E-state index < -0.39 is 0 Å². The summed E-state index contributed by atoms with van der Waals surface area (Å²) in [6, 6.07) is -0.186. The Morgan fingerprint density at radius 3 is 2.92 bits per heavy atom. The fraction of sp³-hybridized carbons (Fsp3) is 1.00. The third-order valence-corrected chi connectivity index (χ3v) is 2.85. The van der Waals surface area contributed by atoms with Crippen molar-refractivity contribution in [1.29, 1.82) is 0 Å². The monoisotopic (exact) mass is 183 g/mol. The van der Waals surface area contributed by atoms with Gasteiger partial charge in [-0.25, -0.2) is 0 Å². The summed E-state index contributed by atoms with van der Waals surface area (Å²) in [5.74, 6) is 0. The van der Waals surface area contributed by atoms with Gasteiger partial charge >= 0.3 is 0 Å². The summed E-state index contributed by atoms with van der Waals surface area (Å²) in [4.78, 5) is 0. The van der Waals surface area contributed by atoms with Gasteiger partial charge in [0.05, 0.1) is 12.6 Å². The molecule has 2 saturated heterocycles. The first-order valence-corrected chi connectivity index (χ1v) is 4.42. The molecule has 2 radical (unpaired) electrons. The average molecular weight is 183 g/mol. The maximum Gasteiger partial charge on any atom is 0.131 e. The van der Waals surface area contributed by atoms with Crippen molar-refractivity contribution in [2.75, 3.05) is 27.4 Å². The summed E-state index contributed by atoms with van der Waals surface area (Å²) in [7, 11) is 9.11. The number of nitrogens with one attached hydrogen (secondary N) is 1. The van der Waals surface area contributed by atoms with Crippen molar-refractivity contribution in [2.24, 2.45) is 0 Å². The van der Waals surface area contributed by atoms with Gasteiger partial charge in [-0.2, -0.15) is 0 Å². The molecule has 5 heteroatoms. The molecule has 72 valence electrons. The molecule has 2 aliphatic rings. The third kappa shape index (κ3) is 1.22. The van der Waals surface area contributed by atoms with E-state index in [-0.39, 0.29) is 23.8 Å². The first kappa shape index (κ1) is 9.46. The number of ether oxygens (including phenoxy) is 3. The molecule has 2 fully saturated rings. The Hall–Kier alpha value is -0.0951. The lowest BCUT2D eigenvalue weighted by atomic mass is 9.91. The van der Waals surface area contributed by atoms with Gasteiger partial charge in [-0.05, 0) is 0 Å². The number of methoxy groups -OCH3 is 2. The lowest BCUT2D eigenvalue weighted by molar-refractivity contribution is -0.107. The van der Waals surface area contributed by atoms with Crippen LogP contribution in [0, 0.1) is 0 Å². The molecule has 0 amide bonds. The van der Waals surface area contributed by atoms with Gasteiger partial charge in [0.2, 0.25) is 0 Å². The van der Waals surface area contributed by atoms with Crippen LogP contribution in [0.3, 0.4) is 0 Å². The summed E-state index contributed by atoms with van der Waals surface area (Å²) in [6.07, 6.45) is 0.00227. The molecule has 1 N–H and O–H groups in total. The minimum absolute atomic E-state index is 0.00227. The van der Waals surface area contributed by atoms with E-state index in [1.165, 1.54) is 0 Å². The maximum absolute atomic E-state index is 5.78. The Balaban J connectivity index is 2.17. The van der Waals surface area contributed by atoms with Gasteiger partial charge in [-0.3, -0.25) is 0 Å². The van der Waals surface area contributed by atoms with Gasteiger partial charge in [0, 0.05) is 26.8 Å². The quantitative estimate of drug-likeness (QED) is 0.563. The molecule has 0 aromatic carbocycles. The normalized spacial score (nSPS) is 48.6. The molecule has 0 aromatic heterocycles. The van der Waals surface area contributed by atoms with E-state index in [1.807, 2.05) is 0 Å². The van der Waals surface area contributed by atoms with E-state index in [0.29, 0.717) is 6.61 Å². The zero-order chi connectivity index (χ0) is 9.47. The zero-order valence-electron chi connectivity index (χ0n) is 7.95. The topological polar surface area (TPSA) is 39.7 Å². The summed E-state index contributed by atoms with van der Waals surface area (Å²) in [6.45, 7) is 1.26. The summed E-state index contributed by atoms with van der Waals surface area (Å²) >= 11 is 0. The van der Waals surface area contributed by atoms with Crippen molar-refractivity contribution in [2.45, 2.75) is 23.8 Å². The van der Waals surface area contributed by atoms with Crippen molar-refractivity contribution >= 4 is 7.85 Å². The highest BCUT2D eigenvalue weighted by Gasteiger charge is 2.58. The summed E-state index contributed by atoms with van der Waals surface area (Å²) in [5, 5.41) is 3.28. The number of fused-ring (bicyclic) bond motifs is 2. The minimum Gasteiger partial charge on any atom is -0.382 e. The van der Waals surface area contributed by atoms with Crippen molar-refractivity contribution in [1.82, 2.24) is 5.32 Å². The standard InChI is InChI=1S/C8H14BNO3/c1-11-4-8-3-10-5(6(8)12-2)7(9)13-8/h5-7,10H,3-4H2,1-2H3/t5?,6-,7+,8-/m0/s1. The Morgan fingerprint density at radius 2 is 2.38 bits per heavy atom. The number of morpholine rings is 1.